The number of aliphatic hydroxyl groups excluding tert-OH is 1. The van der Waals surface area contributed by atoms with E-state index in [0.29, 0.717) is 22.8 Å². The number of benzene rings is 2. The summed E-state index contributed by atoms with van der Waals surface area (Å²) in [5, 5.41) is 15.6. The predicted octanol–water partition coefficient (Wildman–Crippen LogP) is -0.882. The molecule has 3 aromatic rings. The van der Waals surface area contributed by atoms with Crippen LogP contribution in [0.4, 0.5) is 10.3 Å². The summed E-state index contributed by atoms with van der Waals surface area (Å²) in [5.74, 6) is -0.686. The van der Waals surface area contributed by atoms with Crippen molar-refractivity contribution in [2.24, 2.45) is 0 Å². The lowest BCUT2D eigenvalue weighted by Gasteiger charge is -2.46. The molecule has 18 heteroatoms. The maximum absolute atomic E-state index is 14.1. The average molecular weight is 667 g/mol. The Labute approximate surface area is 276 Å². The smallest absolute Gasteiger partial charge is 0.244 e. The van der Waals surface area contributed by atoms with E-state index in [2.05, 4.69) is 20.6 Å². The summed E-state index contributed by atoms with van der Waals surface area (Å²) in [7, 11) is 5.44. The highest BCUT2D eigenvalue weighted by molar-refractivity contribution is 7.89. The van der Waals surface area contributed by atoms with Crippen LogP contribution in [-0.2, 0) is 26.1 Å². The molecule has 2 aromatic carbocycles. The molecule has 0 spiro atoms. The SMILES string of the molecule is BC1(B)CC(Nc2ncc(Cl)c(-c3ccc4c(c3)S(=O)(=O)N(C(C)C(=O)NC(CO)c3cc(F)cc(OC)c3)C4)n2)CC(B)(B)O1. The van der Waals surface area contributed by atoms with Crippen LogP contribution in [0.25, 0.3) is 11.3 Å². The lowest BCUT2D eigenvalue weighted by atomic mass is 9.53. The van der Waals surface area contributed by atoms with Gasteiger partial charge in [0, 0.05) is 35.0 Å². The molecule has 1 fully saturated rings. The number of hydrogen-bond acceptors (Lipinski definition) is 9. The minimum absolute atomic E-state index is 0.0374. The number of hydrogen-bond donors (Lipinski definition) is 3. The summed E-state index contributed by atoms with van der Waals surface area (Å²) in [6.45, 7) is 0.879. The highest BCUT2D eigenvalue weighted by atomic mass is 35.5. The number of aromatic nitrogens is 2. The van der Waals surface area contributed by atoms with Crippen molar-refractivity contribution in [1.29, 1.82) is 0 Å². The van der Waals surface area contributed by atoms with Crippen molar-refractivity contribution < 1.29 is 32.2 Å². The van der Waals surface area contributed by atoms with Gasteiger partial charge in [-0.2, -0.15) is 4.31 Å². The van der Waals surface area contributed by atoms with E-state index < -0.39 is 40.4 Å². The van der Waals surface area contributed by atoms with Crippen LogP contribution in [0.1, 0.15) is 36.9 Å². The van der Waals surface area contributed by atoms with Gasteiger partial charge in [0.25, 0.3) is 0 Å². The van der Waals surface area contributed by atoms with Crippen molar-refractivity contribution in [3.05, 3.63) is 64.6 Å². The molecule has 11 nitrogen and oxygen atoms in total. The van der Waals surface area contributed by atoms with Gasteiger partial charge in [-0.1, -0.05) is 23.7 Å². The Morgan fingerprint density at radius 2 is 1.91 bits per heavy atom. The minimum atomic E-state index is -4.10. The van der Waals surface area contributed by atoms with Crippen LogP contribution >= 0.6 is 11.6 Å². The molecule has 2 unspecified atom stereocenters. The molecule has 0 radical (unpaired) electrons. The molecule has 2 aliphatic heterocycles. The Balaban J connectivity index is 1.35. The summed E-state index contributed by atoms with van der Waals surface area (Å²) >= 11 is 6.51. The molecule has 1 amide bonds. The predicted molar refractivity (Wildman–Crippen MR) is 183 cm³/mol. The first-order valence-corrected chi connectivity index (χ1v) is 16.7. The molecule has 0 saturated carbocycles. The van der Waals surface area contributed by atoms with Crippen LogP contribution in [0.3, 0.4) is 0 Å². The number of methoxy groups -OCH3 is 1. The van der Waals surface area contributed by atoms with E-state index in [1.54, 1.807) is 12.1 Å². The van der Waals surface area contributed by atoms with E-state index in [4.69, 9.17) is 21.1 Å². The number of sulfonamides is 1. The number of anilines is 1. The molecule has 5 rings (SSSR count). The molecule has 3 heterocycles. The Morgan fingerprint density at radius 3 is 2.57 bits per heavy atom. The second kappa shape index (κ2) is 12.8. The van der Waals surface area contributed by atoms with Gasteiger partial charge in [-0.25, -0.2) is 22.8 Å². The first kappa shape index (κ1) is 34.2. The number of carbonyl (C=O) groups is 1. The molecular weight excluding hydrogens is 632 g/mol. The number of nitrogens with zero attached hydrogens (tertiary/aromatic N) is 3. The number of amides is 1. The van der Waals surface area contributed by atoms with E-state index in [9.17, 15) is 22.7 Å². The lowest BCUT2D eigenvalue weighted by Crippen LogP contribution is -2.56. The molecule has 240 valence electrons. The number of ether oxygens (including phenoxy) is 2. The van der Waals surface area contributed by atoms with E-state index in [0.717, 1.165) is 17.1 Å². The summed E-state index contributed by atoms with van der Waals surface area (Å²) in [6, 6.07) is 6.66. The van der Waals surface area contributed by atoms with E-state index >= 15 is 0 Å². The monoisotopic (exact) mass is 667 g/mol. The third kappa shape index (κ3) is 7.23. The van der Waals surface area contributed by atoms with E-state index in [1.807, 2.05) is 31.4 Å². The molecule has 0 bridgehead atoms. The largest absolute Gasteiger partial charge is 0.497 e. The van der Waals surface area contributed by atoms with Gasteiger partial charge in [0.1, 0.15) is 49.0 Å². The maximum atomic E-state index is 14.1. The Kier molecular flexibility index (Phi) is 9.55. The van der Waals surface area contributed by atoms with Crippen LogP contribution < -0.4 is 15.4 Å². The third-order valence-corrected chi connectivity index (χ3v) is 10.5. The van der Waals surface area contributed by atoms with Gasteiger partial charge in [0.05, 0.1) is 41.6 Å². The van der Waals surface area contributed by atoms with Gasteiger partial charge in [0.15, 0.2) is 0 Å². The van der Waals surface area contributed by atoms with Gasteiger partial charge in [-0.3, -0.25) is 4.79 Å². The summed E-state index contributed by atoms with van der Waals surface area (Å²) in [5.41, 5.74) is 1.62. The quantitative estimate of drug-likeness (QED) is 0.248. The summed E-state index contributed by atoms with van der Waals surface area (Å²) in [6.07, 6.45) is 2.96. The third-order valence-electron chi connectivity index (χ3n) is 8.20. The highest BCUT2D eigenvalue weighted by Gasteiger charge is 2.41. The second-order valence-corrected chi connectivity index (χ2v) is 15.2. The van der Waals surface area contributed by atoms with Gasteiger partial charge in [-0.05, 0) is 49.1 Å². The first-order chi connectivity index (χ1) is 21.5. The fourth-order valence-corrected chi connectivity index (χ4v) is 8.39. The van der Waals surface area contributed by atoms with Crippen LogP contribution in [0.2, 0.25) is 5.02 Å². The van der Waals surface area contributed by atoms with Crippen molar-refractivity contribution in [3.63, 3.8) is 0 Å². The number of aliphatic hydroxyl groups is 1. The van der Waals surface area contributed by atoms with Crippen molar-refractivity contribution in [2.45, 2.75) is 60.1 Å². The van der Waals surface area contributed by atoms with Crippen LogP contribution in [0, 0.1) is 5.82 Å². The molecule has 1 aromatic heterocycles. The topological polar surface area (TPSA) is 143 Å². The van der Waals surface area contributed by atoms with Crippen molar-refractivity contribution >= 4 is 64.9 Å². The van der Waals surface area contributed by atoms with Crippen molar-refractivity contribution in [2.75, 3.05) is 19.0 Å². The summed E-state index contributed by atoms with van der Waals surface area (Å²) in [4.78, 5) is 22.3. The van der Waals surface area contributed by atoms with Gasteiger partial charge in [0.2, 0.25) is 21.9 Å². The Morgan fingerprint density at radius 1 is 1.22 bits per heavy atom. The zero-order valence-electron chi connectivity index (χ0n) is 26.6. The molecule has 46 heavy (non-hydrogen) atoms. The zero-order valence-corrected chi connectivity index (χ0v) is 28.2. The Hall–Kier alpha value is -3.10. The van der Waals surface area contributed by atoms with E-state index in [-0.39, 0.29) is 44.6 Å². The van der Waals surface area contributed by atoms with Crippen LogP contribution in [0.5, 0.6) is 5.75 Å². The number of carbonyl (C=O) groups excluding carboxylic acids is 1. The maximum Gasteiger partial charge on any atom is 0.244 e. The van der Waals surface area contributed by atoms with Crippen molar-refractivity contribution in [3.8, 4) is 17.0 Å². The van der Waals surface area contributed by atoms with Crippen molar-refractivity contribution in [1.82, 2.24) is 19.6 Å². The number of fused-ring (bicyclic) bond motifs is 1. The first-order valence-electron chi connectivity index (χ1n) is 14.9. The minimum Gasteiger partial charge on any atom is -0.497 e. The summed E-state index contributed by atoms with van der Waals surface area (Å²) < 4.78 is 53.9. The normalized spacial score (nSPS) is 19.9. The highest BCUT2D eigenvalue weighted by Crippen LogP contribution is 2.37. The van der Waals surface area contributed by atoms with Gasteiger partial charge in [-0.15, -0.1) is 0 Å². The average Bonchev–Trinajstić information content (AvgIpc) is 3.23. The molecule has 0 aliphatic carbocycles. The zero-order chi connectivity index (χ0) is 33.6. The molecular formula is C28H35B4ClFN5O6S. The number of halogens is 2. The van der Waals surface area contributed by atoms with Gasteiger partial charge >= 0.3 is 0 Å². The van der Waals surface area contributed by atoms with Crippen LogP contribution in [0.15, 0.2) is 47.5 Å². The molecule has 3 N–H and O–H groups in total. The standard InChI is InChI=1S/C28H35B4ClFN5O6S/c1-14(25(41)37-22(13-40)17-5-18(34)8-20(6-17)44-2)39-12-16-4-3-15(7-23(16)46(39,42)43)24-21(33)11-35-26(38-24)36-19-9-27(29,30)45-28(31,32)10-19/h3-8,11,14,19,22,40H,9-10,12-13,29-32H2,1-2H3,(H,37,41)(H,35,36,38). The second-order valence-electron chi connectivity index (χ2n) is 13.0. The fraction of sp³-hybridized carbons (Fsp3) is 0.393. The lowest BCUT2D eigenvalue weighted by molar-refractivity contribution is -0.125. The Bertz CT molecular complexity index is 1760. The molecule has 2 atom stereocenters. The van der Waals surface area contributed by atoms with E-state index in [1.165, 1.54) is 44.5 Å². The van der Waals surface area contributed by atoms with Gasteiger partial charge < -0.3 is 25.2 Å². The molecule has 2 aliphatic rings. The number of nitrogens with one attached hydrogen (secondary N) is 2. The fourth-order valence-electron chi connectivity index (χ4n) is 6.37. The molecule has 1 saturated heterocycles. The van der Waals surface area contributed by atoms with Crippen LogP contribution in [-0.4, -0.2) is 102 Å². The number of rotatable bonds is 9.